The first kappa shape index (κ1) is 16.0. The van der Waals surface area contributed by atoms with Gasteiger partial charge in [0.25, 0.3) is 0 Å². The molecule has 0 fully saturated rings. The highest BCUT2D eigenvalue weighted by Crippen LogP contribution is 2.14. The fourth-order valence-corrected chi connectivity index (χ4v) is 1.86. The largest absolute Gasteiger partial charge is 0.494 e. The molecule has 2 N–H and O–H groups in total. The van der Waals surface area contributed by atoms with Crippen LogP contribution in [0.3, 0.4) is 0 Å². The van der Waals surface area contributed by atoms with Gasteiger partial charge in [-0.05, 0) is 63.8 Å². The Balaban J connectivity index is 2.23. The lowest BCUT2D eigenvalue weighted by molar-refractivity contribution is 0.266. The molecule has 1 aromatic carbocycles. The lowest BCUT2D eigenvalue weighted by Crippen LogP contribution is -2.21. The van der Waals surface area contributed by atoms with Gasteiger partial charge in [-0.1, -0.05) is 12.1 Å². The average Bonchev–Trinajstić information content (AvgIpc) is 2.45. The third-order valence-corrected chi connectivity index (χ3v) is 3.35. The summed E-state index contributed by atoms with van der Waals surface area (Å²) in [5.74, 6) is 0.939. The zero-order valence-corrected chi connectivity index (χ0v) is 12.2. The van der Waals surface area contributed by atoms with E-state index >= 15 is 0 Å². The van der Waals surface area contributed by atoms with Crippen molar-refractivity contribution >= 4 is 0 Å². The summed E-state index contributed by atoms with van der Waals surface area (Å²) in [6.07, 6.45) is 5.14. The molecular weight excluding hydrogens is 238 g/mol. The number of benzene rings is 1. The Morgan fingerprint density at radius 2 is 1.89 bits per heavy atom. The van der Waals surface area contributed by atoms with Gasteiger partial charge in [-0.25, -0.2) is 0 Å². The molecule has 1 atom stereocenters. The summed E-state index contributed by atoms with van der Waals surface area (Å²) in [7, 11) is 2.00. The summed E-state index contributed by atoms with van der Waals surface area (Å²) < 4.78 is 5.66. The summed E-state index contributed by atoms with van der Waals surface area (Å²) >= 11 is 0. The number of hydrogen-bond donors (Lipinski definition) is 2. The van der Waals surface area contributed by atoms with Gasteiger partial charge in [0.1, 0.15) is 5.75 Å². The summed E-state index contributed by atoms with van der Waals surface area (Å²) in [5, 5.41) is 11.9. The van der Waals surface area contributed by atoms with Crippen molar-refractivity contribution in [2.45, 2.75) is 45.1 Å². The van der Waals surface area contributed by atoms with Crippen LogP contribution < -0.4 is 10.1 Å². The molecule has 0 aromatic heterocycles. The van der Waals surface area contributed by atoms with Gasteiger partial charge in [-0.15, -0.1) is 0 Å². The van der Waals surface area contributed by atoms with E-state index in [0.29, 0.717) is 6.04 Å². The average molecular weight is 265 g/mol. The van der Waals surface area contributed by atoms with Gasteiger partial charge < -0.3 is 15.2 Å². The monoisotopic (exact) mass is 265 g/mol. The second kappa shape index (κ2) is 9.82. The maximum Gasteiger partial charge on any atom is 0.119 e. The van der Waals surface area contributed by atoms with Gasteiger partial charge in [0, 0.05) is 12.6 Å². The molecule has 0 aliphatic heterocycles. The van der Waals surface area contributed by atoms with E-state index in [4.69, 9.17) is 9.84 Å². The molecular formula is C16H27NO2. The highest BCUT2D eigenvalue weighted by atomic mass is 16.5. The van der Waals surface area contributed by atoms with Gasteiger partial charge in [0.15, 0.2) is 0 Å². The number of nitrogens with one attached hydrogen (secondary N) is 1. The van der Waals surface area contributed by atoms with Crippen molar-refractivity contribution in [2.75, 3.05) is 20.3 Å². The summed E-state index contributed by atoms with van der Waals surface area (Å²) in [4.78, 5) is 0. The van der Waals surface area contributed by atoms with Crippen LogP contribution in [0.5, 0.6) is 5.75 Å². The minimum absolute atomic E-state index is 0.278. The molecule has 1 unspecified atom stereocenters. The second-order valence-electron chi connectivity index (χ2n) is 5.01. The SMILES string of the molecule is CNC(C)CCc1ccc(OCCCCCO)cc1. The van der Waals surface area contributed by atoms with Gasteiger partial charge >= 0.3 is 0 Å². The van der Waals surface area contributed by atoms with Gasteiger partial charge in [-0.3, -0.25) is 0 Å². The van der Waals surface area contributed by atoms with Crippen LogP contribution in [0.2, 0.25) is 0 Å². The number of unbranched alkanes of at least 4 members (excludes halogenated alkanes) is 2. The molecule has 1 rings (SSSR count). The Morgan fingerprint density at radius 1 is 1.16 bits per heavy atom. The molecule has 0 spiro atoms. The normalized spacial score (nSPS) is 12.4. The molecule has 3 heteroatoms. The Labute approximate surface area is 117 Å². The third kappa shape index (κ3) is 7.19. The van der Waals surface area contributed by atoms with Crippen molar-refractivity contribution in [1.82, 2.24) is 5.32 Å². The fraction of sp³-hybridized carbons (Fsp3) is 0.625. The van der Waals surface area contributed by atoms with E-state index in [1.54, 1.807) is 0 Å². The van der Waals surface area contributed by atoms with E-state index in [1.165, 1.54) is 5.56 Å². The van der Waals surface area contributed by atoms with Crippen molar-refractivity contribution < 1.29 is 9.84 Å². The zero-order valence-electron chi connectivity index (χ0n) is 12.2. The van der Waals surface area contributed by atoms with Crippen LogP contribution in [0.1, 0.15) is 38.2 Å². The minimum atomic E-state index is 0.278. The van der Waals surface area contributed by atoms with Crippen LogP contribution in [-0.2, 0) is 6.42 Å². The summed E-state index contributed by atoms with van der Waals surface area (Å²) in [6.45, 7) is 3.21. The summed E-state index contributed by atoms with van der Waals surface area (Å²) in [5.41, 5.74) is 1.36. The number of rotatable bonds is 10. The lowest BCUT2D eigenvalue weighted by Gasteiger charge is -2.10. The standard InChI is InChI=1S/C16H27NO2/c1-14(17-2)6-7-15-8-10-16(11-9-15)19-13-5-3-4-12-18/h8-11,14,17-18H,3-7,12-13H2,1-2H3. The van der Waals surface area contributed by atoms with Crippen molar-refractivity contribution in [3.8, 4) is 5.75 Å². The molecule has 0 bridgehead atoms. The number of ether oxygens (including phenoxy) is 1. The zero-order chi connectivity index (χ0) is 13.9. The molecule has 0 amide bonds. The van der Waals surface area contributed by atoms with E-state index in [1.807, 2.05) is 19.2 Å². The number of hydrogen-bond acceptors (Lipinski definition) is 3. The molecule has 1 aromatic rings. The molecule has 0 heterocycles. The number of aryl methyl sites for hydroxylation is 1. The Bertz CT molecular complexity index is 324. The molecule has 3 nitrogen and oxygen atoms in total. The van der Waals surface area contributed by atoms with E-state index < -0.39 is 0 Å². The second-order valence-corrected chi connectivity index (χ2v) is 5.01. The Hall–Kier alpha value is -1.06. The maximum atomic E-state index is 8.68. The van der Waals surface area contributed by atoms with E-state index in [-0.39, 0.29) is 6.61 Å². The third-order valence-electron chi connectivity index (χ3n) is 3.35. The van der Waals surface area contributed by atoms with Crippen LogP contribution >= 0.6 is 0 Å². The highest BCUT2D eigenvalue weighted by molar-refractivity contribution is 5.27. The van der Waals surface area contributed by atoms with Crippen molar-refractivity contribution in [3.05, 3.63) is 29.8 Å². The first-order chi connectivity index (χ1) is 9.26. The van der Waals surface area contributed by atoms with Gasteiger partial charge in [0.05, 0.1) is 6.61 Å². The van der Waals surface area contributed by atoms with Gasteiger partial charge in [0.2, 0.25) is 0 Å². The molecule has 0 aliphatic rings. The van der Waals surface area contributed by atoms with E-state index in [0.717, 1.165) is 44.5 Å². The van der Waals surface area contributed by atoms with Gasteiger partial charge in [-0.2, -0.15) is 0 Å². The lowest BCUT2D eigenvalue weighted by atomic mass is 10.1. The van der Waals surface area contributed by atoms with E-state index in [2.05, 4.69) is 24.4 Å². The molecule has 0 saturated carbocycles. The van der Waals surface area contributed by atoms with Crippen molar-refractivity contribution in [2.24, 2.45) is 0 Å². The highest BCUT2D eigenvalue weighted by Gasteiger charge is 2.00. The fourth-order valence-electron chi connectivity index (χ4n) is 1.86. The van der Waals surface area contributed by atoms with Crippen LogP contribution in [0, 0.1) is 0 Å². The number of aliphatic hydroxyl groups is 1. The van der Waals surface area contributed by atoms with Crippen LogP contribution in [0.25, 0.3) is 0 Å². The van der Waals surface area contributed by atoms with Crippen LogP contribution in [0.15, 0.2) is 24.3 Å². The minimum Gasteiger partial charge on any atom is -0.494 e. The Morgan fingerprint density at radius 3 is 2.53 bits per heavy atom. The van der Waals surface area contributed by atoms with E-state index in [9.17, 15) is 0 Å². The Kier molecular flexibility index (Phi) is 8.26. The predicted molar refractivity (Wildman–Crippen MR) is 79.7 cm³/mol. The van der Waals surface area contributed by atoms with Crippen molar-refractivity contribution in [1.29, 1.82) is 0 Å². The number of aliphatic hydroxyl groups excluding tert-OH is 1. The topological polar surface area (TPSA) is 41.5 Å². The molecule has 0 radical (unpaired) electrons. The summed E-state index contributed by atoms with van der Waals surface area (Å²) in [6, 6.07) is 8.94. The molecule has 19 heavy (non-hydrogen) atoms. The van der Waals surface area contributed by atoms with Crippen molar-refractivity contribution in [3.63, 3.8) is 0 Å². The maximum absolute atomic E-state index is 8.68. The quantitative estimate of drug-likeness (QED) is 0.639. The predicted octanol–water partition coefficient (Wildman–Crippen LogP) is 2.77. The first-order valence-corrected chi connectivity index (χ1v) is 7.26. The smallest absolute Gasteiger partial charge is 0.119 e. The molecule has 0 saturated heterocycles. The van der Waals surface area contributed by atoms with Crippen LogP contribution in [-0.4, -0.2) is 31.4 Å². The van der Waals surface area contributed by atoms with Crippen LogP contribution in [0.4, 0.5) is 0 Å². The molecule has 0 aliphatic carbocycles. The molecule has 108 valence electrons. The first-order valence-electron chi connectivity index (χ1n) is 7.26.